The predicted octanol–water partition coefficient (Wildman–Crippen LogP) is 6.73. The normalized spacial score (nSPS) is 11.0. The van der Waals surface area contributed by atoms with Gasteiger partial charge in [-0.25, -0.2) is 4.98 Å². The van der Waals surface area contributed by atoms with Gasteiger partial charge in [-0.3, -0.25) is 0 Å². The van der Waals surface area contributed by atoms with Crippen molar-refractivity contribution in [3.05, 3.63) is 45.6 Å². The van der Waals surface area contributed by atoms with Crippen molar-refractivity contribution in [2.75, 3.05) is 19.6 Å². The van der Waals surface area contributed by atoms with Gasteiger partial charge in [-0.15, -0.1) is 23.5 Å². The molecule has 0 N–H and O–H groups in total. The lowest BCUT2D eigenvalue weighted by Crippen LogP contribution is -1.96. The van der Waals surface area contributed by atoms with E-state index in [9.17, 15) is 0 Å². The molecule has 26 heavy (non-hydrogen) atoms. The number of ether oxygens (including phenoxy) is 1. The highest BCUT2D eigenvalue weighted by Gasteiger charge is 2.20. The molecule has 0 fully saturated rings. The Hall–Kier alpha value is -0.890. The number of hydrogen-bond acceptors (Lipinski definition) is 4. The van der Waals surface area contributed by atoms with Gasteiger partial charge < -0.3 is 9.30 Å². The Bertz CT molecular complexity index is 934. The van der Waals surface area contributed by atoms with E-state index in [-0.39, 0.29) is 0 Å². The molecule has 0 atom stereocenters. The molecule has 0 saturated carbocycles. The summed E-state index contributed by atoms with van der Waals surface area (Å²) in [7, 11) is 3.73. The highest BCUT2D eigenvalue weighted by atomic mass is 79.9. The first-order chi connectivity index (χ1) is 12.5. The first-order valence-electron chi connectivity index (χ1n) is 7.77. The Balaban J connectivity index is 2.24. The molecule has 0 saturated heterocycles. The molecule has 1 heterocycles. The Labute approximate surface area is 179 Å². The fraction of sp³-hybridized carbons (Fsp3) is 0.211. The summed E-state index contributed by atoms with van der Waals surface area (Å²) in [5.74, 6) is 0.877. The third-order valence-electron chi connectivity index (χ3n) is 4.07. The van der Waals surface area contributed by atoms with Gasteiger partial charge in [0.2, 0.25) is 0 Å². The minimum atomic E-state index is 0.877. The molecule has 0 radical (unpaired) electrons. The lowest BCUT2D eigenvalue weighted by Gasteiger charge is -2.15. The van der Waals surface area contributed by atoms with Gasteiger partial charge in [-0.05, 0) is 62.6 Å². The Morgan fingerprint density at radius 1 is 1.04 bits per heavy atom. The van der Waals surface area contributed by atoms with Crippen LogP contribution < -0.4 is 4.74 Å². The number of benzene rings is 2. The topological polar surface area (TPSA) is 27.1 Å². The summed E-state index contributed by atoms with van der Waals surface area (Å²) >= 11 is 10.8. The molecule has 0 aliphatic heterocycles. The second-order valence-corrected chi connectivity index (χ2v) is 8.91. The fourth-order valence-electron chi connectivity index (χ4n) is 2.92. The molecule has 3 aromatic rings. The molecule has 136 valence electrons. The van der Waals surface area contributed by atoms with Gasteiger partial charge in [-0.2, -0.15) is 0 Å². The van der Waals surface area contributed by atoms with Crippen LogP contribution in [0.5, 0.6) is 5.75 Å². The van der Waals surface area contributed by atoms with Crippen LogP contribution >= 0.6 is 55.4 Å². The van der Waals surface area contributed by atoms with Gasteiger partial charge in [0, 0.05) is 32.0 Å². The van der Waals surface area contributed by atoms with Crippen molar-refractivity contribution in [2.24, 2.45) is 7.05 Å². The molecule has 0 spiro atoms. The molecule has 2 aromatic carbocycles. The zero-order valence-electron chi connectivity index (χ0n) is 14.8. The largest absolute Gasteiger partial charge is 0.496 e. The van der Waals surface area contributed by atoms with Crippen LogP contribution in [0.15, 0.2) is 55.4 Å². The molecule has 3 rings (SSSR count). The minimum absolute atomic E-state index is 0.877. The van der Waals surface area contributed by atoms with E-state index in [0.29, 0.717) is 0 Å². The molecular weight excluding hydrogens is 496 g/mol. The zero-order valence-corrected chi connectivity index (χ0v) is 19.6. The van der Waals surface area contributed by atoms with E-state index in [1.807, 2.05) is 25.5 Å². The molecule has 0 bridgehead atoms. The van der Waals surface area contributed by atoms with Crippen molar-refractivity contribution in [1.29, 1.82) is 0 Å². The number of aromatic nitrogens is 2. The molecule has 0 amide bonds. The highest BCUT2D eigenvalue weighted by molar-refractivity contribution is 9.11. The average molecular weight is 514 g/mol. The van der Waals surface area contributed by atoms with Crippen LogP contribution in [0.4, 0.5) is 0 Å². The highest BCUT2D eigenvalue weighted by Crippen LogP contribution is 2.43. The van der Waals surface area contributed by atoms with Crippen molar-refractivity contribution in [1.82, 2.24) is 9.55 Å². The number of aryl methyl sites for hydroxylation is 1. The Morgan fingerprint density at radius 3 is 2.27 bits per heavy atom. The molecular formula is C19H18Br2N2OS2. The molecule has 3 nitrogen and oxygen atoms in total. The number of hydrogen-bond donors (Lipinski definition) is 0. The number of imidazole rings is 1. The maximum atomic E-state index is 5.56. The van der Waals surface area contributed by atoms with Crippen LogP contribution in [-0.2, 0) is 7.05 Å². The van der Waals surface area contributed by atoms with E-state index in [1.54, 1.807) is 30.6 Å². The first-order valence-corrected chi connectivity index (χ1v) is 11.8. The smallest absolute Gasteiger partial charge is 0.133 e. The standard InChI is InChI=1S/C19H18Br2N2OS2/c1-23-10-22-16(11-8-13(20)19(26-4)14(21)9-11)17(23)12-6-5-7-15(24-2)18(12)25-3/h5-10H,1-4H3. The summed E-state index contributed by atoms with van der Waals surface area (Å²) in [6, 6.07) is 10.4. The summed E-state index contributed by atoms with van der Waals surface area (Å²) in [5.41, 5.74) is 4.20. The number of halogens is 2. The number of thioether (sulfide) groups is 2. The Morgan fingerprint density at radius 2 is 1.69 bits per heavy atom. The van der Waals surface area contributed by atoms with E-state index in [2.05, 4.69) is 67.1 Å². The van der Waals surface area contributed by atoms with E-state index in [0.717, 1.165) is 42.1 Å². The third kappa shape index (κ3) is 3.59. The number of methoxy groups -OCH3 is 1. The maximum absolute atomic E-state index is 5.56. The predicted molar refractivity (Wildman–Crippen MR) is 120 cm³/mol. The van der Waals surface area contributed by atoms with Gasteiger partial charge in [0.1, 0.15) is 5.75 Å². The zero-order chi connectivity index (χ0) is 18.8. The summed E-state index contributed by atoms with van der Waals surface area (Å²) in [4.78, 5) is 6.98. The third-order valence-corrected chi connectivity index (χ3v) is 7.52. The van der Waals surface area contributed by atoms with Crippen LogP contribution in [-0.4, -0.2) is 29.2 Å². The maximum Gasteiger partial charge on any atom is 0.133 e. The van der Waals surface area contributed by atoms with Gasteiger partial charge in [0.25, 0.3) is 0 Å². The van der Waals surface area contributed by atoms with Crippen molar-refractivity contribution >= 4 is 55.4 Å². The lowest BCUT2D eigenvalue weighted by atomic mass is 10.0. The van der Waals surface area contributed by atoms with Crippen molar-refractivity contribution in [3.8, 4) is 28.3 Å². The second-order valence-electron chi connectivity index (χ2n) is 5.57. The molecule has 7 heteroatoms. The van der Waals surface area contributed by atoms with Crippen LogP contribution in [0.2, 0.25) is 0 Å². The first kappa shape index (κ1) is 19.9. The monoisotopic (exact) mass is 512 g/mol. The molecule has 0 aliphatic rings. The van der Waals surface area contributed by atoms with Crippen molar-refractivity contribution in [3.63, 3.8) is 0 Å². The quantitative estimate of drug-likeness (QED) is 0.353. The SMILES string of the molecule is COc1cccc(-c2c(-c3cc(Br)c(SC)c(Br)c3)ncn2C)c1SC. The Kier molecular flexibility index (Phi) is 6.43. The number of nitrogens with zero attached hydrogens (tertiary/aromatic N) is 2. The summed E-state index contributed by atoms with van der Waals surface area (Å²) in [6.45, 7) is 0. The molecule has 0 aliphatic carbocycles. The van der Waals surface area contributed by atoms with Gasteiger partial charge >= 0.3 is 0 Å². The van der Waals surface area contributed by atoms with Crippen molar-refractivity contribution in [2.45, 2.75) is 9.79 Å². The van der Waals surface area contributed by atoms with E-state index in [1.165, 1.54) is 4.90 Å². The average Bonchev–Trinajstić information content (AvgIpc) is 3.02. The van der Waals surface area contributed by atoms with E-state index < -0.39 is 0 Å². The van der Waals surface area contributed by atoms with Crippen LogP contribution in [0.1, 0.15) is 0 Å². The molecule has 0 unspecified atom stereocenters. The van der Waals surface area contributed by atoms with E-state index >= 15 is 0 Å². The van der Waals surface area contributed by atoms with Crippen LogP contribution in [0.25, 0.3) is 22.5 Å². The minimum Gasteiger partial charge on any atom is -0.496 e. The van der Waals surface area contributed by atoms with Crippen LogP contribution in [0.3, 0.4) is 0 Å². The van der Waals surface area contributed by atoms with Gasteiger partial charge in [0.15, 0.2) is 0 Å². The van der Waals surface area contributed by atoms with Crippen molar-refractivity contribution < 1.29 is 4.74 Å². The summed E-state index contributed by atoms with van der Waals surface area (Å²) in [6.07, 6.45) is 5.99. The second kappa shape index (κ2) is 8.42. The summed E-state index contributed by atoms with van der Waals surface area (Å²) in [5, 5.41) is 0. The number of rotatable bonds is 5. The lowest BCUT2D eigenvalue weighted by molar-refractivity contribution is 0.405. The van der Waals surface area contributed by atoms with Crippen LogP contribution in [0, 0.1) is 0 Å². The van der Waals surface area contributed by atoms with E-state index in [4.69, 9.17) is 9.72 Å². The van der Waals surface area contributed by atoms with Gasteiger partial charge in [0.05, 0.1) is 29.7 Å². The van der Waals surface area contributed by atoms with Gasteiger partial charge in [-0.1, -0.05) is 12.1 Å². The fourth-order valence-corrected chi connectivity index (χ4v) is 6.33. The molecule has 1 aromatic heterocycles. The summed E-state index contributed by atoms with van der Waals surface area (Å²) < 4.78 is 9.74.